The van der Waals surface area contributed by atoms with Crippen LogP contribution in [0.15, 0.2) is 48.5 Å². The summed E-state index contributed by atoms with van der Waals surface area (Å²) in [6.07, 6.45) is 0. The number of nitrogens with one attached hydrogen (secondary N) is 2. The van der Waals surface area contributed by atoms with Crippen LogP contribution in [0.1, 0.15) is 5.69 Å². The van der Waals surface area contributed by atoms with E-state index in [-0.39, 0.29) is 12.2 Å². The lowest BCUT2D eigenvalue weighted by Gasteiger charge is -2.11. The topological polar surface area (TPSA) is 71.3 Å². The molecule has 2 aromatic heterocycles. The zero-order valence-corrected chi connectivity index (χ0v) is 14.3. The van der Waals surface area contributed by atoms with Crippen LogP contribution in [0.5, 0.6) is 0 Å². The van der Waals surface area contributed by atoms with E-state index in [9.17, 15) is 13.6 Å². The smallest absolute Gasteiger partial charge is 0.243 e. The lowest BCUT2D eigenvalue weighted by atomic mass is 10.2. The molecule has 4 rings (SSSR count). The van der Waals surface area contributed by atoms with Crippen molar-refractivity contribution in [2.24, 2.45) is 0 Å². The van der Waals surface area contributed by atoms with Crippen molar-refractivity contribution in [2.45, 2.75) is 6.92 Å². The molecule has 0 saturated carbocycles. The number of amides is 1. The first-order chi connectivity index (χ1) is 13.0. The summed E-state index contributed by atoms with van der Waals surface area (Å²) in [6, 6.07) is 12.6. The van der Waals surface area contributed by atoms with Gasteiger partial charge in [0.1, 0.15) is 5.82 Å². The van der Waals surface area contributed by atoms with E-state index in [0.717, 1.165) is 28.7 Å². The number of para-hydroxylation sites is 1. The second-order valence-corrected chi connectivity index (χ2v) is 6.06. The first-order valence-corrected chi connectivity index (χ1v) is 8.25. The number of aryl methyl sites for hydroxylation is 1. The minimum absolute atomic E-state index is 0.0840. The van der Waals surface area contributed by atoms with E-state index >= 15 is 0 Å². The Labute approximate surface area is 152 Å². The highest BCUT2D eigenvalue weighted by atomic mass is 19.2. The van der Waals surface area contributed by atoms with Crippen molar-refractivity contribution in [3.63, 3.8) is 0 Å². The second kappa shape index (κ2) is 6.64. The standard InChI is InChI=1S/C19H15F2N5O/c1-11-8-17-24-19(13-4-2-3-5-16(13)26(17)25-11)22-10-18(27)23-12-6-7-14(20)15(21)9-12/h2-9H,10H2,1H3,(H,22,24)(H,23,27). The average Bonchev–Trinajstić information content (AvgIpc) is 3.03. The highest BCUT2D eigenvalue weighted by Crippen LogP contribution is 2.23. The molecule has 2 heterocycles. The van der Waals surface area contributed by atoms with Crippen LogP contribution in [0.25, 0.3) is 16.6 Å². The van der Waals surface area contributed by atoms with E-state index in [4.69, 9.17) is 0 Å². The Bertz CT molecular complexity index is 1170. The van der Waals surface area contributed by atoms with Crippen LogP contribution in [0.3, 0.4) is 0 Å². The fraction of sp³-hybridized carbons (Fsp3) is 0.105. The fourth-order valence-electron chi connectivity index (χ4n) is 2.85. The number of fused-ring (bicyclic) bond motifs is 3. The molecule has 0 aliphatic heterocycles. The number of carbonyl (C=O) groups excluding carboxylic acids is 1. The van der Waals surface area contributed by atoms with Crippen molar-refractivity contribution in [3.8, 4) is 0 Å². The molecule has 4 aromatic rings. The van der Waals surface area contributed by atoms with Crippen molar-refractivity contribution in [3.05, 3.63) is 65.9 Å². The first kappa shape index (κ1) is 16.9. The van der Waals surface area contributed by atoms with Crippen molar-refractivity contribution in [2.75, 3.05) is 17.2 Å². The molecule has 8 heteroatoms. The quantitative estimate of drug-likeness (QED) is 0.579. The molecular weight excluding hydrogens is 352 g/mol. The lowest BCUT2D eigenvalue weighted by molar-refractivity contribution is -0.114. The molecule has 2 N–H and O–H groups in total. The van der Waals surface area contributed by atoms with E-state index < -0.39 is 17.5 Å². The number of nitrogens with zero attached hydrogens (tertiary/aromatic N) is 3. The van der Waals surface area contributed by atoms with E-state index in [1.807, 2.05) is 37.3 Å². The SMILES string of the molecule is Cc1cc2nc(NCC(=O)Nc3ccc(F)c(F)c3)c3ccccc3n2n1. The first-order valence-electron chi connectivity index (χ1n) is 8.25. The number of rotatable bonds is 4. The van der Waals surface area contributed by atoms with Gasteiger partial charge in [0, 0.05) is 23.2 Å². The third-order valence-electron chi connectivity index (χ3n) is 4.05. The molecule has 0 bridgehead atoms. The molecule has 1 amide bonds. The predicted molar refractivity (Wildman–Crippen MR) is 98.7 cm³/mol. The van der Waals surface area contributed by atoms with Gasteiger partial charge in [-0.2, -0.15) is 5.10 Å². The van der Waals surface area contributed by atoms with E-state index in [0.29, 0.717) is 11.5 Å². The number of benzene rings is 2. The van der Waals surface area contributed by atoms with Crippen LogP contribution in [0.4, 0.5) is 20.3 Å². The summed E-state index contributed by atoms with van der Waals surface area (Å²) in [4.78, 5) is 16.7. The third-order valence-corrected chi connectivity index (χ3v) is 4.05. The van der Waals surface area contributed by atoms with Crippen LogP contribution >= 0.6 is 0 Å². The Balaban J connectivity index is 1.57. The fourth-order valence-corrected chi connectivity index (χ4v) is 2.85. The Morgan fingerprint density at radius 1 is 1.11 bits per heavy atom. The van der Waals surface area contributed by atoms with Gasteiger partial charge in [-0.15, -0.1) is 0 Å². The third kappa shape index (κ3) is 3.29. The predicted octanol–water partition coefficient (Wildman–Crippen LogP) is 3.52. The van der Waals surface area contributed by atoms with E-state index in [1.165, 1.54) is 6.07 Å². The van der Waals surface area contributed by atoms with Crippen molar-refractivity contribution >= 4 is 34.0 Å². The molecule has 0 fully saturated rings. The van der Waals surface area contributed by atoms with E-state index in [1.54, 1.807) is 4.52 Å². The Morgan fingerprint density at radius 3 is 2.74 bits per heavy atom. The maximum absolute atomic E-state index is 13.2. The normalized spacial score (nSPS) is 11.1. The Kier molecular flexibility index (Phi) is 4.15. The summed E-state index contributed by atoms with van der Waals surface area (Å²) in [7, 11) is 0. The van der Waals surface area contributed by atoms with E-state index in [2.05, 4.69) is 20.7 Å². The number of anilines is 2. The highest BCUT2D eigenvalue weighted by molar-refractivity contribution is 5.96. The number of halogens is 2. The van der Waals surface area contributed by atoms with Gasteiger partial charge in [-0.05, 0) is 31.2 Å². The molecule has 0 spiro atoms. The highest BCUT2D eigenvalue weighted by Gasteiger charge is 2.11. The summed E-state index contributed by atoms with van der Waals surface area (Å²) in [5, 5.41) is 10.8. The van der Waals surface area contributed by atoms with Crippen LogP contribution < -0.4 is 10.6 Å². The molecule has 0 radical (unpaired) electrons. The largest absolute Gasteiger partial charge is 0.360 e. The molecule has 6 nitrogen and oxygen atoms in total. The number of aromatic nitrogens is 3. The van der Waals surface area contributed by atoms with Crippen LogP contribution in [-0.2, 0) is 4.79 Å². The van der Waals surface area contributed by atoms with Gasteiger partial charge in [0.15, 0.2) is 17.3 Å². The number of carbonyl (C=O) groups is 1. The molecule has 0 atom stereocenters. The average molecular weight is 367 g/mol. The van der Waals surface area contributed by atoms with Crippen molar-refractivity contribution in [1.29, 1.82) is 0 Å². The molecule has 0 aliphatic rings. The van der Waals surface area contributed by atoms with Gasteiger partial charge in [0.05, 0.1) is 17.8 Å². The van der Waals surface area contributed by atoms with Crippen LogP contribution in [-0.4, -0.2) is 27.0 Å². The van der Waals surface area contributed by atoms with Gasteiger partial charge < -0.3 is 10.6 Å². The minimum atomic E-state index is -1.02. The molecule has 2 aromatic carbocycles. The van der Waals surface area contributed by atoms with Gasteiger partial charge >= 0.3 is 0 Å². The van der Waals surface area contributed by atoms with Gasteiger partial charge in [-0.1, -0.05) is 12.1 Å². The molecule has 0 saturated heterocycles. The van der Waals surface area contributed by atoms with Crippen molar-refractivity contribution < 1.29 is 13.6 Å². The Morgan fingerprint density at radius 2 is 1.93 bits per heavy atom. The maximum atomic E-state index is 13.2. The van der Waals surface area contributed by atoms with Gasteiger partial charge in [-0.3, -0.25) is 4.79 Å². The molecular formula is C19H15F2N5O. The summed E-state index contributed by atoms with van der Waals surface area (Å²) >= 11 is 0. The molecule has 136 valence electrons. The molecule has 27 heavy (non-hydrogen) atoms. The second-order valence-electron chi connectivity index (χ2n) is 6.06. The van der Waals surface area contributed by atoms with Gasteiger partial charge in [0.25, 0.3) is 0 Å². The van der Waals surface area contributed by atoms with Crippen LogP contribution in [0.2, 0.25) is 0 Å². The summed E-state index contributed by atoms with van der Waals surface area (Å²) < 4.78 is 28.0. The summed E-state index contributed by atoms with van der Waals surface area (Å²) in [6.45, 7) is 1.80. The number of hydrogen-bond acceptors (Lipinski definition) is 4. The van der Waals surface area contributed by atoms with Crippen molar-refractivity contribution in [1.82, 2.24) is 14.6 Å². The maximum Gasteiger partial charge on any atom is 0.243 e. The zero-order chi connectivity index (χ0) is 19.0. The minimum Gasteiger partial charge on any atom is -0.360 e. The zero-order valence-electron chi connectivity index (χ0n) is 14.3. The Hall–Kier alpha value is -3.55. The van der Waals surface area contributed by atoms with Gasteiger partial charge in [0.2, 0.25) is 5.91 Å². The monoisotopic (exact) mass is 367 g/mol. The molecule has 0 unspecified atom stereocenters. The number of hydrogen-bond donors (Lipinski definition) is 2. The summed E-state index contributed by atoms with van der Waals surface area (Å²) in [5.74, 6) is -1.85. The van der Waals surface area contributed by atoms with Gasteiger partial charge in [-0.25, -0.2) is 18.3 Å². The van der Waals surface area contributed by atoms with Crippen LogP contribution in [0, 0.1) is 18.6 Å². The lowest BCUT2D eigenvalue weighted by Crippen LogP contribution is -2.22. The molecule has 0 aliphatic carbocycles. The summed E-state index contributed by atoms with van der Waals surface area (Å²) in [5.41, 5.74) is 2.54.